The number of thioether (sulfide) groups is 2. The minimum absolute atomic E-state index is 0.251. The third kappa shape index (κ3) is 20.5. The zero-order valence-electron chi connectivity index (χ0n) is 31.8. The van der Waals surface area contributed by atoms with Gasteiger partial charge in [0.25, 0.3) is 0 Å². The first-order valence-corrected chi connectivity index (χ1v) is 19.9. The van der Waals surface area contributed by atoms with Gasteiger partial charge in [-0.25, -0.2) is 4.79 Å². The van der Waals surface area contributed by atoms with Crippen molar-refractivity contribution in [2.45, 2.75) is 125 Å². The molecule has 4 N–H and O–H groups in total. The van der Waals surface area contributed by atoms with Crippen molar-refractivity contribution in [1.29, 1.82) is 0 Å². The van der Waals surface area contributed by atoms with Crippen LogP contribution in [0.15, 0.2) is 34.9 Å². The number of hydrogen-bond acceptors (Lipinski definition) is 8. The highest BCUT2D eigenvalue weighted by Gasteiger charge is 2.34. The second kappa shape index (κ2) is 26.1. The summed E-state index contributed by atoms with van der Waals surface area (Å²) in [5, 5.41) is 11.1. The van der Waals surface area contributed by atoms with Gasteiger partial charge in [0.1, 0.15) is 24.2 Å². The van der Waals surface area contributed by atoms with Crippen molar-refractivity contribution in [3.05, 3.63) is 34.9 Å². The van der Waals surface area contributed by atoms with Crippen LogP contribution in [0, 0.1) is 11.8 Å². The number of hydrogen-bond donors (Lipinski definition) is 4. The monoisotopic (exact) mass is 724 g/mol. The topological polar surface area (TPSA) is 143 Å². The predicted octanol–water partition coefficient (Wildman–Crippen LogP) is 5.73. The second-order valence-electron chi connectivity index (χ2n) is 13.2. The Morgan fingerprint density at radius 2 is 1.31 bits per heavy atom. The lowest BCUT2D eigenvalue weighted by atomic mass is 9.96. The number of allylic oxidation sites excluding steroid dienone is 5. The number of methoxy groups -OCH3 is 1. The first-order chi connectivity index (χ1) is 23.1. The molecule has 5 atom stereocenters. The number of rotatable bonds is 24. The molecule has 0 saturated carbocycles. The van der Waals surface area contributed by atoms with E-state index in [0.29, 0.717) is 30.1 Å². The van der Waals surface area contributed by atoms with Crippen molar-refractivity contribution in [2.75, 3.05) is 30.6 Å². The molecule has 0 bridgehead atoms. The summed E-state index contributed by atoms with van der Waals surface area (Å²) in [5.41, 5.74) is 4.00. The second-order valence-corrected chi connectivity index (χ2v) is 15.3. The quantitative estimate of drug-likeness (QED) is 0.0562. The van der Waals surface area contributed by atoms with E-state index in [-0.39, 0.29) is 17.7 Å². The number of amides is 4. The van der Waals surface area contributed by atoms with Crippen LogP contribution in [0.25, 0.3) is 0 Å². The van der Waals surface area contributed by atoms with Crippen LogP contribution in [0.2, 0.25) is 0 Å². The summed E-state index contributed by atoms with van der Waals surface area (Å²) in [5.74, 6) is -1.29. The lowest BCUT2D eigenvalue weighted by Crippen LogP contribution is -2.60. The Kier molecular flexibility index (Phi) is 24.7. The lowest BCUT2D eigenvalue weighted by Gasteiger charge is -2.30. The van der Waals surface area contributed by atoms with E-state index in [1.165, 1.54) is 42.5 Å². The molecule has 0 radical (unpaired) electrons. The van der Waals surface area contributed by atoms with Gasteiger partial charge in [0.15, 0.2) is 0 Å². The molecule has 0 unspecified atom stereocenters. The SMILES string of the molecule is CC[C@H](C)[C@H](NC(=O)[C@@H](NC(=O)[C@H](CSC/C=C(\C)CC/C=C(\C)CCC=C(C)C)NC(C)=O)C(C)C)C(=O)N[C@@H](CCSC)C(=O)OC. The van der Waals surface area contributed by atoms with Crippen molar-refractivity contribution >= 4 is 53.1 Å². The molecule has 0 aliphatic rings. The molecule has 0 aliphatic heterocycles. The maximum Gasteiger partial charge on any atom is 0.328 e. The lowest BCUT2D eigenvalue weighted by molar-refractivity contribution is -0.145. The van der Waals surface area contributed by atoms with Gasteiger partial charge in [0.2, 0.25) is 23.6 Å². The summed E-state index contributed by atoms with van der Waals surface area (Å²) in [6.45, 7) is 17.2. The van der Waals surface area contributed by atoms with E-state index >= 15 is 0 Å². The fourth-order valence-corrected chi connectivity index (χ4v) is 6.26. The minimum atomic E-state index is -0.957. The van der Waals surface area contributed by atoms with Crippen LogP contribution in [0.3, 0.4) is 0 Å². The smallest absolute Gasteiger partial charge is 0.328 e. The zero-order chi connectivity index (χ0) is 37.5. The molecule has 0 rings (SSSR count). The molecular formula is C37H64N4O6S2. The first kappa shape index (κ1) is 46.3. The molecule has 0 aliphatic carbocycles. The van der Waals surface area contributed by atoms with Gasteiger partial charge in [-0.05, 0) is 83.6 Å². The minimum Gasteiger partial charge on any atom is -0.467 e. The molecule has 0 aromatic rings. The Morgan fingerprint density at radius 3 is 1.84 bits per heavy atom. The van der Waals surface area contributed by atoms with Crippen molar-refractivity contribution in [2.24, 2.45) is 11.8 Å². The van der Waals surface area contributed by atoms with Gasteiger partial charge in [0.05, 0.1) is 7.11 Å². The fourth-order valence-electron chi connectivity index (χ4n) is 4.78. The Labute approximate surface area is 304 Å². The molecule has 0 aromatic heterocycles. The van der Waals surface area contributed by atoms with Gasteiger partial charge in [-0.3, -0.25) is 19.2 Å². The summed E-state index contributed by atoms with van der Waals surface area (Å²) in [6, 6.07) is -3.58. The average molecular weight is 725 g/mol. The number of carbonyl (C=O) groups is 5. The third-order valence-corrected chi connectivity index (χ3v) is 9.72. The fraction of sp³-hybridized carbons (Fsp3) is 0.703. The number of carbonyl (C=O) groups excluding carboxylic acids is 5. The van der Waals surface area contributed by atoms with E-state index in [9.17, 15) is 24.0 Å². The van der Waals surface area contributed by atoms with Crippen LogP contribution >= 0.6 is 23.5 Å². The van der Waals surface area contributed by atoms with E-state index in [4.69, 9.17) is 4.74 Å². The van der Waals surface area contributed by atoms with Crippen LogP contribution in [0.5, 0.6) is 0 Å². The van der Waals surface area contributed by atoms with Crippen LogP contribution in [0.4, 0.5) is 0 Å². The Hall–Kier alpha value is -2.73. The number of nitrogens with one attached hydrogen (secondary N) is 4. The Bertz CT molecular complexity index is 1150. The largest absolute Gasteiger partial charge is 0.467 e. The highest BCUT2D eigenvalue weighted by Crippen LogP contribution is 2.15. The summed E-state index contributed by atoms with van der Waals surface area (Å²) >= 11 is 3.07. The van der Waals surface area contributed by atoms with Gasteiger partial charge >= 0.3 is 5.97 Å². The van der Waals surface area contributed by atoms with Gasteiger partial charge in [-0.1, -0.05) is 69.1 Å². The van der Waals surface area contributed by atoms with E-state index in [1.54, 1.807) is 25.6 Å². The van der Waals surface area contributed by atoms with Gasteiger partial charge in [-0.15, -0.1) is 0 Å². The van der Waals surface area contributed by atoms with E-state index < -0.39 is 47.9 Å². The van der Waals surface area contributed by atoms with Crippen LogP contribution < -0.4 is 21.3 Å². The molecule has 0 aromatic carbocycles. The predicted molar refractivity (Wildman–Crippen MR) is 205 cm³/mol. The summed E-state index contributed by atoms with van der Waals surface area (Å²) in [4.78, 5) is 64.7. The maximum absolute atomic E-state index is 13.6. The van der Waals surface area contributed by atoms with Crippen molar-refractivity contribution in [1.82, 2.24) is 21.3 Å². The Morgan fingerprint density at radius 1 is 0.735 bits per heavy atom. The van der Waals surface area contributed by atoms with Crippen LogP contribution in [-0.2, 0) is 28.7 Å². The number of ether oxygens (including phenoxy) is 1. The summed E-state index contributed by atoms with van der Waals surface area (Å²) in [7, 11) is 1.27. The molecular weight excluding hydrogens is 661 g/mol. The van der Waals surface area contributed by atoms with E-state index in [0.717, 1.165) is 25.7 Å². The van der Waals surface area contributed by atoms with Crippen LogP contribution in [0.1, 0.15) is 101 Å². The summed E-state index contributed by atoms with van der Waals surface area (Å²) < 4.78 is 4.87. The highest BCUT2D eigenvalue weighted by atomic mass is 32.2. The summed E-state index contributed by atoms with van der Waals surface area (Å²) in [6.07, 6.45) is 13.7. The van der Waals surface area contributed by atoms with Crippen molar-refractivity contribution < 1.29 is 28.7 Å². The van der Waals surface area contributed by atoms with Crippen molar-refractivity contribution in [3.8, 4) is 0 Å². The molecule has 12 heteroatoms. The van der Waals surface area contributed by atoms with Gasteiger partial charge in [-0.2, -0.15) is 23.5 Å². The van der Waals surface area contributed by atoms with Crippen molar-refractivity contribution in [3.63, 3.8) is 0 Å². The molecule has 4 amide bonds. The standard InChI is InChI=1S/C37H64N4O6S2/c1-12-28(8)33(36(45)39-30(20-21-48-11)37(46)47-10)41-35(44)32(25(4)5)40-34(43)31(38-29(9)42)23-49-22-19-27(7)18-14-17-26(6)16-13-15-24(2)3/h15,17,19,25,28,30-33H,12-14,16,18,20-23H2,1-11H3,(H,38,42)(H,39,45)(H,40,43)(H,41,44)/b26-17+,27-19+/t28-,30-,31-,32-,33-/m0/s1. The van der Waals surface area contributed by atoms with Gasteiger partial charge in [0, 0.05) is 18.4 Å². The molecule has 280 valence electrons. The molecule has 0 fully saturated rings. The molecule has 10 nitrogen and oxygen atoms in total. The maximum atomic E-state index is 13.6. The highest BCUT2D eigenvalue weighted by molar-refractivity contribution is 7.99. The first-order valence-electron chi connectivity index (χ1n) is 17.3. The van der Waals surface area contributed by atoms with E-state index in [2.05, 4.69) is 67.2 Å². The third-order valence-electron chi connectivity index (χ3n) is 8.10. The molecule has 0 heterocycles. The molecule has 0 spiro atoms. The molecule has 0 saturated heterocycles. The molecule has 49 heavy (non-hydrogen) atoms. The number of esters is 1. The average Bonchev–Trinajstić information content (AvgIpc) is 3.03. The Balaban J connectivity index is 5.47. The normalized spacial score (nSPS) is 14.9. The van der Waals surface area contributed by atoms with Crippen LogP contribution in [-0.4, -0.2) is 84.4 Å². The zero-order valence-corrected chi connectivity index (χ0v) is 33.5. The van der Waals surface area contributed by atoms with E-state index in [1.807, 2.05) is 20.1 Å². The van der Waals surface area contributed by atoms with Gasteiger partial charge < -0.3 is 26.0 Å².